The van der Waals surface area contributed by atoms with Gasteiger partial charge in [-0.1, -0.05) is 35.9 Å². The number of hydrogen-bond acceptors (Lipinski definition) is 4. The van der Waals surface area contributed by atoms with E-state index in [-0.39, 0.29) is 23.8 Å². The second kappa shape index (κ2) is 11.6. The largest absolute Gasteiger partial charge is 0.416 e. The van der Waals surface area contributed by atoms with Crippen LogP contribution >= 0.6 is 11.6 Å². The predicted molar refractivity (Wildman–Crippen MR) is 148 cm³/mol. The minimum Gasteiger partial charge on any atom is -0.355 e. The lowest BCUT2D eigenvalue weighted by molar-refractivity contribution is -0.137. The van der Waals surface area contributed by atoms with E-state index in [1.807, 2.05) is 0 Å². The lowest BCUT2D eigenvalue weighted by Crippen LogP contribution is -2.44. The highest BCUT2D eigenvalue weighted by Gasteiger charge is 2.32. The molecule has 1 heterocycles. The van der Waals surface area contributed by atoms with E-state index in [4.69, 9.17) is 11.6 Å². The molecule has 0 aliphatic carbocycles. The average Bonchev–Trinajstić information content (AvgIpc) is 3.22. The molecule has 0 bridgehead atoms. The van der Waals surface area contributed by atoms with Crippen LogP contribution in [0.3, 0.4) is 0 Å². The van der Waals surface area contributed by atoms with Crippen molar-refractivity contribution in [2.75, 3.05) is 7.05 Å². The number of halogens is 4. The van der Waals surface area contributed by atoms with E-state index >= 15 is 0 Å². The molecule has 4 aromatic rings. The van der Waals surface area contributed by atoms with Crippen LogP contribution in [0.1, 0.15) is 40.9 Å². The highest BCUT2D eigenvalue weighted by molar-refractivity contribution is 6.30. The third-order valence-electron chi connectivity index (χ3n) is 6.44. The number of nitrogens with one attached hydrogen (secondary N) is 2. The maximum absolute atomic E-state index is 13.5. The van der Waals surface area contributed by atoms with Gasteiger partial charge in [0.15, 0.2) is 5.82 Å². The Morgan fingerprint density at radius 2 is 1.61 bits per heavy atom. The SMILES string of the molecule is CNC(=O)c1cccc(Cn2c(-c3ccc(Cl)cc3)nn(CC(=O)NC(C)(C)c3cccc(C(F)(F)F)c3)c2=O)c1. The zero-order valence-corrected chi connectivity index (χ0v) is 23.2. The molecular weight excluding hydrogens is 559 g/mol. The lowest BCUT2D eigenvalue weighted by Gasteiger charge is -2.27. The summed E-state index contributed by atoms with van der Waals surface area (Å²) in [6, 6.07) is 18.1. The van der Waals surface area contributed by atoms with Crippen LogP contribution < -0.4 is 16.3 Å². The van der Waals surface area contributed by atoms with Gasteiger partial charge in [0.25, 0.3) is 5.91 Å². The van der Waals surface area contributed by atoms with Crippen LogP contribution in [0.4, 0.5) is 13.2 Å². The first-order valence-corrected chi connectivity index (χ1v) is 12.9. The normalized spacial score (nSPS) is 11.8. The highest BCUT2D eigenvalue weighted by Crippen LogP contribution is 2.32. The minimum atomic E-state index is -4.53. The number of hydrogen-bond donors (Lipinski definition) is 2. The average molecular weight is 586 g/mol. The standard InChI is InChI=1S/C29H27ClF3N5O3/c1-28(2,21-8-5-9-22(15-21)29(31,32)33)35-24(39)17-38-27(41)37(25(36-38)19-10-12-23(30)13-11-19)16-18-6-4-7-20(14-18)26(40)34-3/h4-15H,16-17H2,1-3H3,(H,34,40)(H,35,39). The number of aromatic nitrogens is 3. The fraction of sp³-hybridized carbons (Fsp3) is 0.241. The van der Waals surface area contributed by atoms with E-state index in [9.17, 15) is 27.6 Å². The smallest absolute Gasteiger partial charge is 0.355 e. The van der Waals surface area contributed by atoms with Gasteiger partial charge >= 0.3 is 11.9 Å². The van der Waals surface area contributed by atoms with Crippen molar-refractivity contribution in [3.63, 3.8) is 0 Å². The third kappa shape index (κ3) is 6.86. The van der Waals surface area contributed by atoms with Gasteiger partial charge in [-0.3, -0.25) is 14.2 Å². The Hall–Kier alpha value is -4.38. The summed E-state index contributed by atoms with van der Waals surface area (Å²) in [5.74, 6) is -0.641. The summed E-state index contributed by atoms with van der Waals surface area (Å²) in [7, 11) is 1.52. The summed E-state index contributed by atoms with van der Waals surface area (Å²) in [5, 5.41) is 10.1. The fourth-order valence-corrected chi connectivity index (χ4v) is 4.44. The van der Waals surface area contributed by atoms with Gasteiger partial charge < -0.3 is 10.6 Å². The molecule has 12 heteroatoms. The van der Waals surface area contributed by atoms with Gasteiger partial charge in [-0.05, 0) is 73.5 Å². The van der Waals surface area contributed by atoms with Gasteiger partial charge in [-0.15, -0.1) is 5.10 Å². The van der Waals surface area contributed by atoms with Crippen molar-refractivity contribution in [2.45, 2.75) is 38.7 Å². The molecule has 41 heavy (non-hydrogen) atoms. The van der Waals surface area contributed by atoms with E-state index in [0.717, 1.165) is 16.8 Å². The molecular formula is C29H27ClF3N5O3. The van der Waals surface area contributed by atoms with Gasteiger partial charge in [-0.2, -0.15) is 13.2 Å². The molecule has 1 aromatic heterocycles. The Morgan fingerprint density at radius 1 is 0.951 bits per heavy atom. The highest BCUT2D eigenvalue weighted by atomic mass is 35.5. The Labute approximate surface area is 238 Å². The predicted octanol–water partition coefficient (Wildman–Crippen LogP) is 4.84. The van der Waals surface area contributed by atoms with Gasteiger partial charge in [0.05, 0.1) is 17.6 Å². The molecule has 0 aliphatic rings. The topological polar surface area (TPSA) is 98.0 Å². The molecule has 2 amide bonds. The van der Waals surface area contributed by atoms with Crippen LogP contribution in [-0.4, -0.2) is 33.2 Å². The monoisotopic (exact) mass is 585 g/mol. The summed E-state index contributed by atoms with van der Waals surface area (Å²) in [6.45, 7) is 2.72. The van der Waals surface area contributed by atoms with Crippen molar-refractivity contribution in [2.24, 2.45) is 0 Å². The number of rotatable bonds is 8. The molecule has 4 rings (SSSR count). The maximum atomic E-state index is 13.5. The molecule has 0 saturated carbocycles. The number of alkyl halides is 3. The van der Waals surface area contributed by atoms with E-state index in [2.05, 4.69) is 15.7 Å². The second-order valence-corrected chi connectivity index (χ2v) is 10.3. The molecule has 0 unspecified atom stereocenters. The van der Waals surface area contributed by atoms with Crippen LogP contribution in [0.25, 0.3) is 11.4 Å². The van der Waals surface area contributed by atoms with Crippen LogP contribution in [0.5, 0.6) is 0 Å². The second-order valence-electron chi connectivity index (χ2n) is 9.89. The van der Waals surface area contributed by atoms with E-state index in [1.54, 1.807) is 62.4 Å². The molecule has 214 valence electrons. The molecule has 0 aliphatic heterocycles. The Kier molecular flexibility index (Phi) is 8.39. The van der Waals surface area contributed by atoms with Crippen LogP contribution in [0.15, 0.2) is 77.6 Å². The van der Waals surface area contributed by atoms with Crippen molar-refractivity contribution in [3.8, 4) is 11.4 Å². The van der Waals surface area contributed by atoms with Crippen LogP contribution in [0, 0.1) is 0 Å². The zero-order chi connectivity index (χ0) is 29.9. The first-order chi connectivity index (χ1) is 19.3. The molecule has 0 atom stereocenters. The molecule has 8 nitrogen and oxygen atoms in total. The van der Waals surface area contributed by atoms with Crippen molar-refractivity contribution in [1.29, 1.82) is 0 Å². The van der Waals surface area contributed by atoms with E-state index in [1.165, 1.54) is 23.7 Å². The zero-order valence-electron chi connectivity index (χ0n) is 22.4. The van der Waals surface area contributed by atoms with Crippen molar-refractivity contribution >= 4 is 23.4 Å². The fourth-order valence-electron chi connectivity index (χ4n) is 4.32. The van der Waals surface area contributed by atoms with Crippen molar-refractivity contribution in [1.82, 2.24) is 25.0 Å². The van der Waals surface area contributed by atoms with Gasteiger partial charge in [0.2, 0.25) is 5.91 Å². The Bertz CT molecular complexity index is 1640. The van der Waals surface area contributed by atoms with E-state index in [0.29, 0.717) is 21.7 Å². The Balaban J connectivity index is 1.65. The molecule has 0 spiro atoms. The van der Waals surface area contributed by atoms with Crippen molar-refractivity contribution in [3.05, 3.63) is 111 Å². The first-order valence-electron chi connectivity index (χ1n) is 12.5. The van der Waals surface area contributed by atoms with Gasteiger partial charge in [0, 0.05) is 23.2 Å². The lowest BCUT2D eigenvalue weighted by atomic mass is 9.92. The molecule has 0 radical (unpaired) electrons. The van der Waals surface area contributed by atoms with Gasteiger partial charge in [-0.25, -0.2) is 9.48 Å². The summed E-state index contributed by atoms with van der Waals surface area (Å²) < 4.78 is 42.0. The number of carbonyl (C=O) groups excluding carboxylic acids is 2. The molecule has 0 fully saturated rings. The summed E-state index contributed by atoms with van der Waals surface area (Å²) in [4.78, 5) is 38.6. The van der Waals surface area contributed by atoms with Crippen LogP contribution in [0.2, 0.25) is 5.02 Å². The third-order valence-corrected chi connectivity index (χ3v) is 6.69. The van der Waals surface area contributed by atoms with Gasteiger partial charge in [0.1, 0.15) is 6.54 Å². The summed E-state index contributed by atoms with van der Waals surface area (Å²) in [6.07, 6.45) is -4.53. The molecule has 0 saturated heterocycles. The summed E-state index contributed by atoms with van der Waals surface area (Å²) >= 11 is 6.03. The van der Waals surface area contributed by atoms with E-state index < -0.39 is 35.4 Å². The number of nitrogens with zero attached hydrogens (tertiary/aromatic N) is 3. The minimum absolute atomic E-state index is 0.0545. The number of carbonyl (C=O) groups is 2. The first kappa shape index (κ1) is 29.6. The molecule has 3 aromatic carbocycles. The Morgan fingerprint density at radius 3 is 2.27 bits per heavy atom. The summed E-state index contributed by atoms with van der Waals surface area (Å²) in [5.41, 5.74) is -0.724. The van der Waals surface area contributed by atoms with Crippen LogP contribution in [-0.2, 0) is 29.6 Å². The van der Waals surface area contributed by atoms with Crippen molar-refractivity contribution < 1.29 is 22.8 Å². The number of benzene rings is 3. The quantitative estimate of drug-likeness (QED) is 0.309. The number of amides is 2. The molecule has 2 N–H and O–H groups in total. The maximum Gasteiger partial charge on any atom is 0.416 e.